The second-order valence-electron chi connectivity index (χ2n) is 10.7. The number of aromatic nitrogens is 2. The van der Waals surface area contributed by atoms with Crippen LogP contribution in [0, 0.1) is 13.8 Å². The number of H-pyrrole nitrogens is 2. The molecule has 2 aliphatic heterocycles. The van der Waals surface area contributed by atoms with E-state index < -0.39 is 11.9 Å². The summed E-state index contributed by atoms with van der Waals surface area (Å²) in [6.45, 7) is 14.5. The molecule has 2 aromatic heterocycles. The number of carboxylic acid groups (broad SMARTS) is 2. The monoisotopic (exact) mass is 598 g/mol. The smallest absolute Gasteiger partial charge is 0.303 e. The first-order chi connectivity index (χ1) is 20.8. The van der Waals surface area contributed by atoms with Crippen molar-refractivity contribution in [2.45, 2.75) is 53.4 Å². The van der Waals surface area contributed by atoms with Crippen LogP contribution in [0.2, 0.25) is 0 Å². The number of nitrogens with one attached hydrogen (secondary N) is 4. The van der Waals surface area contributed by atoms with E-state index in [1.165, 1.54) is 6.08 Å². The first-order valence-corrected chi connectivity index (χ1v) is 13.9. The summed E-state index contributed by atoms with van der Waals surface area (Å²) >= 11 is 0. The van der Waals surface area contributed by atoms with E-state index in [2.05, 4.69) is 33.8 Å². The third kappa shape index (κ3) is 5.89. The van der Waals surface area contributed by atoms with Crippen molar-refractivity contribution in [3.8, 4) is 0 Å². The SMILES string of the molecule is C=CC1=C(C)/C(=C/c2[nH]c(C(=O)c3[nH]c(/C=C4\NC(=O)C(C)=C4CCC(=O)O)c(CCC(=O)O)c3C)c(C)c2C=C)NC1=O. The Labute approximate surface area is 253 Å². The minimum Gasteiger partial charge on any atom is -0.481 e. The van der Waals surface area contributed by atoms with Crippen LogP contribution in [0.15, 0.2) is 52.9 Å². The molecular weight excluding hydrogens is 564 g/mol. The Hall–Kier alpha value is -5.45. The zero-order valence-corrected chi connectivity index (χ0v) is 25.0. The maximum absolute atomic E-state index is 14.0. The molecule has 0 bridgehead atoms. The van der Waals surface area contributed by atoms with Gasteiger partial charge in [-0.1, -0.05) is 25.3 Å². The minimum atomic E-state index is -1.01. The zero-order valence-electron chi connectivity index (χ0n) is 25.0. The molecule has 4 rings (SSSR count). The van der Waals surface area contributed by atoms with Crippen LogP contribution < -0.4 is 10.6 Å². The van der Waals surface area contributed by atoms with Crippen LogP contribution in [0.5, 0.6) is 0 Å². The number of carbonyl (C=O) groups is 5. The minimum absolute atomic E-state index is 0.112. The second-order valence-corrected chi connectivity index (χ2v) is 10.7. The molecule has 11 nitrogen and oxygen atoms in total. The average Bonchev–Trinajstić information content (AvgIpc) is 3.62. The summed E-state index contributed by atoms with van der Waals surface area (Å²) in [6, 6.07) is 0. The molecule has 2 aliphatic rings. The highest BCUT2D eigenvalue weighted by Crippen LogP contribution is 2.32. The number of hydrogen-bond donors (Lipinski definition) is 6. The summed E-state index contributed by atoms with van der Waals surface area (Å²) in [5.41, 5.74) is 7.02. The van der Waals surface area contributed by atoms with Crippen molar-refractivity contribution >= 4 is 47.8 Å². The lowest BCUT2D eigenvalue weighted by molar-refractivity contribution is -0.138. The fraction of sp³-hybridized carbons (Fsp3) is 0.242. The molecule has 4 heterocycles. The molecule has 0 aliphatic carbocycles. The molecule has 0 atom stereocenters. The van der Waals surface area contributed by atoms with Gasteiger partial charge in [0, 0.05) is 52.3 Å². The molecule has 0 aromatic carbocycles. The van der Waals surface area contributed by atoms with Crippen molar-refractivity contribution in [3.05, 3.63) is 97.9 Å². The lowest BCUT2D eigenvalue weighted by Gasteiger charge is -2.06. The third-order valence-electron chi connectivity index (χ3n) is 8.03. The van der Waals surface area contributed by atoms with Gasteiger partial charge in [-0.15, -0.1) is 0 Å². The van der Waals surface area contributed by atoms with Gasteiger partial charge < -0.3 is 30.8 Å². The summed E-state index contributed by atoms with van der Waals surface area (Å²) in [5, 5.41) is 24.1. The van der Waals surface area contributed by atoms with E-state index >= 15 is 0 Å². The van der Waals surface area contributed by atoms with E-state index in [-0.39, 0.29) is 54.7 Å². The predicted octanol–water partition coefficient (Wildman–Crippen LogP) is 4.48. The van der Waals surface area contributed by atoms with Crippen molar-refractivity contribution in [1.29, 1.82) is 0 Å². The van der Waals surface area contributed by atoms with Gasteiger partial charge in [-0.3, -0.25) is 24.0 Å². The molecule has 0 spiro atoms. The topological polar surface area (TPSA) is 181 Å². The maximum atomic E-state index is 14.0. The molecule has 44 heavy (non-hydrogen) atoms. The molecule has 6 N–H and O–H groups in total. The van der Waals surface area contributed by atoms with Crippen molar-refractivity contribution in [2.75, 3.05) is 0 Å². The van der Waals surface area contributed by atoms with Gasteiger partial charge >= 0.3 is 11.9 Å². The third-order valence-corrected chi connectivity index (χ3v) is 8.03. The van der Waals surface area contributed by atoms with Crippen molar-refractivity contribution in [3.63, 3.8) is 0 Å². The first-order valence-electron chi connectivity index (χ1n) is 13.9. The molecule has 2 aromatic rings. The summed E-state index contributed by atoms with van der Waals surface area (Å²) < 4.78 is 0. The summed E-state index contributed by atoms with van der Waals surface area (Å²) in [6.07, 6.45) is 6.32. The van der Waals surface area contributed by atoms with Crippen LogP contribution in [0.25, 0.3) is 18.2 Å². The van der Waals surface area contributed by atoms with E-state index in [4.69, 9.17) is 0 Å². The quantitative estimate of drug-likeness (QED) is 0.195. The van der Waals surface area contributed by atoms with E-state index in [1.807, 2.05) is 0 Å². The highest BCUT2D eigenvalue weighted by Gasteiger charge is 2.28. The number of allylic oxidation sites excluding steroid dienone is 2. The molecule has 11 heteroatoms. The van der Waals surface area contributed by atoms with Crippen LogP contribution in [-0.2, 0) is 25.6 Å². The van der Waals surface area contributed by atoms with Crippen LogP contribution in [0.4, 0.5) is 0 Å². The van der Waals surface area contributed by atoms with Crippen LogP contribution in [-0.4, -0.2) is 49.7 Å². The summed E-state index contributed by atoms with van der Waals surface area (Å²) in [5.74, 6) is -3.02. The number of aliphatic carboxylic acids is 2. The van der Waals surface area contributed by atoms with E-state index in [0.717, 1.165) is 0 Å². The molecule has 0 radical (unpaired) electrons. The highest BCUT2D eigenvalue weighted by atomic mass is 16.4. The second kappa shape index (κ2) is 12.4. The van der Waals surface area contributed by atoms with Crippen LogP contribution in [0.1, 0.15) is 82.9 Å². The Morgan fingerprint density at radius 3 is 1.89 bits per heavy atom. The molecular formula is C33H34N4O7. The number of aromatic amines is 2. The van der Waals surface area contributed by atoms with Crippen LogP contribution in [0.3, 0.4) is 0 Å². The average molecular weight is 599 g/mol. The Bertz CT molecular complexity index is 1790. The predicted molar refractivity (Wildman–Crippen MR) is 165 cm³/mol. The van der Waals surface area contributed by atoms with Gasteiger partial charge in [0.2, 0.25) is 5.78 Å². The van der Waals surface area contributed by atoms with E-state index in [0.29, 0.717) is 67.3 Å². The van der Waals surface area contributed by atoms with Crippen molar-refractivity contribution in [1.82, 2.24) is 20.6 Å². The Balaban J connectivity index is 1.80. The van der Waals surface area contributed by atoms with Gasteiger partial charge in [-0.05, 0) is 80.5 Å². The number of ketones is 1. The molecule has 2 amide bonds. The molecule has 228 valence electrons. The van der Waals surface area contributed by atoms with E-state index in [1.54, 1.807) is 45.9 Å². The molecule has 0 saturated heterocycles. The van der Waals surface area contributed by atoms with Crippen molar-refractivity contribution < 1.29 is 34.2 Å². The van der Waals surface area contributed by atoms with Gasteiger partial charge in [0.1, 0.15) is 0 Å². The number of rotatable bonds is 12. The van der Waals surface area contributed by atoms with E-state index in [9.17, 15) is 34.2 Å². The molecule has 0 fully saturated rings. The molecule has 0 unspecified atom stereocenters. The number of hydrogen-bond acceptors (Lipinski definition) is 5. The lowest BCUT2D eigenvalue weighted by atomic mass is 9.99. The molecule has 0 saturated carbocycles. The normalized spacial score (nSPS) is 16.6. The largest absolute Gasteiger partial charge is 0.481 e. The fourth-order valence-corrected chi connectivity index (χ4v) is 5.51. The zero-order chi connectivity index (χ0) is 32.5. The van der Waals surface area contributed by atoms with Gasteiger partial charge in [-0.25, -0.2) is 0 Å². The maximum Gasteiger partial charge on any atom is 0.303 e. The van der Waals surface area contributed by atoms with Gasteiger partial charge in [0.05, 0.1) is 11.4 Å². The number of amides is 2. The van der Waals surface area contributed by atoms with Crippen LogP contribution >= 0.6 is 0 Å². The number of carboxylic acids is 2. The van der Waals surface area contributed by atoms with Gasteiger partial charge in [0.15, 0.2) is 0 Å². The Morgan fingerprint density at radius 1 is 0.727 bits per heavy atom. The Morgan fingerprint density at radius 2 is 1.30 bits per heavy atom. The van der Waals surface area contributed by atoms with Crippen molar-refractivity contribution in [2.24, 2.45) is 0 Å². The van der Waals surface area contributed by atoms with Gasteiger partial charge in [-0.2, -0.15) is 0 Å². The Kier molecular flexibility index (Phi) is 8.89. The lowest BCUT2D eigenvalue weighted by Crippen LogP contribution is -2.15. The highest BCUT2D eigenvalue weighted by molar-refractivity contribution is 6.10. The summed E-state index contributed by atoms with van der Waals surface area (Å²) in [4.78, 5) is 67.7. The standard InChI is InChI=1S/C33H34N4O7/c1-7-19-16(4)29(34-24(19)13-23-15(3)20(8-2)33(44)36-23)31(42)30-17(5)21(9-11-27(38)39)25(35-30)14-26-22(10-12-28(40)41)18(6)32(43)37-26/h7-8,13-14,34-35H,1-2,9-12H2,3-6H3,(H,36,44)(H,37,43)(H,38,39)(H,40,41)/b23-13-,26-14-. The summed E-state index contributed by atoms with van der Waals surface area (Å²) in [7, 11) is 0. The number of carbonyl (C=O) groups excluding carboxylic acids is 3. The fourth-order valence-electron chi connectivity index (χ4n) is 5.51. The van der Waals surface area contributed by atoms with Gasteiger partial charge in [0.25, 0.3) is 11.8 Å². The first kappa shape index (κ1) is 31.5.